The Balaban J connectivity index is 2.50. The molecular formula is C7H10F3NO2. The normalized spacial score (nSPS) is 28.9. The molecular weight excluding hydrogens is 187 g/mol. The van der Waals surface area contributed by atoms with Gasteiger partial charge in [-0.15, -0.1) is 0 Å². The van der Waals surface area contributed by atoms with Gasteiger partial charge in [0, 0.05) is 0 Å². The molecule has 0 bridgehead atoms. The fraction of sp³-hybridized carbons (Fsp3) is 0.857. The Morgan fingerprint density at radius 1 is 1.46 bits per heavy atom. The summed E-state index contributed by atoms with van der Waals surface area (Å²) in [7, 11) is 1.16. The highest BCUT2D eigenvalue weighted by Crippen LogP contribution is 2.28. The van der Waals surface area contributed by atoms with Crippen molar-refractivity contribution in [2.45, 2.75) is 31.1 Å². The molecule has 1 fully saturated rings. The summed E-state index contributed by atoms with van der Waals surface area (Å²) < 4.78 is 40.6. The van der Waals surface area contributed by atoms with Gasteiger partial charge in [0.25, 0.3) is 0 Å². The molecule has 0 aromatic carbocycles. The van der Waals surface area contributed by atoms with E-state index in [1.165, 1.54) is 0 Å². The topological polar surface area (TPSA) is 38.3 Å². The summed E-state index contributed by atoms with van der Waals surface area (Å²) in [5, 5.41) is 2.18. The van der Waals surface area contributed by atoms with Crippen molar-refractivity contribution in [3.8, 4) is 0 Å². The van der Waals surface area contributed by atoms with Crippen LogP contribution in [0.15, 0.2) is 0 Å². The Morgan fingerprint density at radius 2 is 2.08 bits per heavy atom. The van der Waals surface area contributed by atoms with E-state index in [-0.39, 0.29) is 12.8 Å². The highest BCUT2D eigenvalue weighted by atomic mass is 19.4. The van der Waals surface area contributed by atoms with Crippen LogP contribution >= 0.6 is 0 Å². The number of carbonyl (C=O) groups is 1. The number of ether oxygens (including phenoxy) is 1. The molecule has 0 aromatic rings. The van der Waals surface area contributed by atoms with Crippen LogP contribution in [-0.2, 0) is 9.53 Å². The van der Waals surface area contributed by atoms with Gasteiger partial charge in [-0.3, -0.25) is 10.1 Å². The Labute approximate surface area is 73.2 Å². The number of methoxy groups -OCH3 is 1. The largest absolute Gasteiger partial charge is 0.468 e. The first kappa shape index (κ1) is 10.3. The minimum atomic E-state index is -4.28. The Kier molecular flexibility index (Phi) is 2.80. The molecule has 0 unspecified atom stereocenters. The molecule has 0 aliphatic carbocycles. The van der Waals surface area contributed by atoms with Gasteiger partial charge in [0.1, 0.15) is 12.1 Å². The molecule has 0 amide bonds. The van der Waals surface area contributed by atoms with Gasteiger partial charge in [-0.05, 0) is 12.8 Å². The summed E-state index contributed by atoms with van der Waals surface area (Å²) in [5.41, 5.74) is 0. The molecule has 3 nitrogen and oxygen atoms in total. The Hall–Kier alpha value is -0.780. The van der Waals surface area contributed by atoms with Crippen LogP contribution in [0, 0.1) is 0 Å². The van der Waals surface area contributed by atoms with Crippen molar-refractivity contribution < 1.29 is 22.7 Å². The molecule has 6 heteroatoms. The highest BCUT2D eigenvalue weighted by Gasteiger charge is 2.45. The van der Waals surface area contributed by atoms with Gasteiger partial charge in [-0.25, -0.2) is 0 Å². The first-order valence-corrected chi connectivity index (χ1v) is 3.85. The maximum Gasteiger partial charge on any atom is 0.403 e. The predicted octanol–water partition coefficient (Wildman–Crippen LogP) is 0.842. The van der Waals surface area contributed by atoms with Crippen LogP contribution in [-0.4, -0.2) is 31.3 Å². The molecule has 1 aliphatic rings. The van der Waals surface area contributed by atoms with Gasteiger partial charge in [0.2, 0.25) is 0 Å². The number of alkyl halides is 3. The smallest absolute Gasteiger partial charge is 0.403 e. The van der Waals surface area contributed by atoms with Crippen LogP contribution in [0.25, 0.3) is 0 Å². The maximum atomic E-state index is 12.1. The lowest BCUT2D eigenvalue weighted by Gasteiger charge is -2.15. The van der Waals surface area contributed by atoms with E-state index in [4.69, 9.17) is 0 Å². The number of esters is 1. The second kappa shape index (κ2) is 3.53. The fourth-order valence-corrected chi connectivity index (χ4v) is 1.33. The van der Waals surface area contributed by atoms with Crippen LogP contribution in [0.2, 0.25) is 0 Å². The molecule has 0 aromatic heterocycles. The average molecular weight is 197 g/mol. The molecule has 1 aliphatic heterocycles. The third-order valence-electron chi connectivity index (χ3n) is 2.03. The van der Waals surface area contributed by atoms with E-state index in [0.29, 0.717) is 0 Å². The number of hydrogen-bond acceptors (Lipinski definition) is 3. The van der Waals surface area contributed by atoms with Crippen LogP contribution in [0.4, 0.5) is 13.2 Å². The molecule has 76 valence electrons. The number of nitrogens with one attached hydrogen (secondary N) is 1. The number of carbonyl (C=O) groups excluding carboxylic acids is 1. The van der Waals surface area contributed by atoms with Crippen LogP contribution < -0.4 is 5.32 Å². The standard InChI is InChI=1S/C7H10F3NO2/c1-13-6(12)4-2-3-5(11-4)7(8,9)10/h4-5,11H,2-3H2,1H3/t4-,5+/m0/s1. The number of halogens is 3. The summed E-state index contributed by atoms with van der Waals surface area (Å²) in [6.07, 6.45) is -4.16. The third-order valence-corrected chi connectivity index (χ3v) is 2.03. The lowest BCUT2D eigenvalue weighted by molar-refractivity contribution is -0.155. The second-order valence-corrected chi connectivity index (χ2v) is 2.91. The quantitative estimate of drug-likeness (QED) is 0.633. The molecule has 1 heterocycles. The molecule has 0 radical (unpaired) electrons. The van der Waals surface area contributed by atoms with Crippen molar-refractivity contribution in [3.63, 3.8) is 0 Å². The van der Waals surface area contributed by atoms with Crippen molar-refractivity contribution in [1.82, 2.24) is 5.32 Å². The first-order valence-electron chi connectivity index (χ1n) is 3.85. The van der Waals surface area contributed by atoms with Crippen molar-refractivity contribution >= 4 is 5.97 Å². The minimum absolute atomic E-state index is 0.0662. The van der Waals surface area contributed by atoms with Gasteiger partial charge in [0.15, 0.2) is 0 Å². The van der Waals surface area contributed by atoms with E-state index in [1.807, 2.05) is 0 Å². The lowest BCUT2D eigenvalue weighted by atomic mass is 10.2. The van der Waals surface area contributed by atoms with Crippen LogP contribution in [0.3, 0.4) is 0 Å². The van der Waals surface area contributed by atoms with Crippen molar-refractivity contribution in [1.29, 1.82) is 0 Å². The Morgan fingerprint density at radius 3 is 2.46 bits per heavy atom. The number of hydrogen-bond donors (Lipinski definition) is 1. The van der Waals surface area contributed by atoms with Crippen molar-refractivity contribution in [2.75, 3.05) is 7.11 Å². The Bertz CT molecular complexity index is 204. The van der Waals surface area contributed by atoms with E-state index in [1.54, 1.807) is 0 Å². The fourth-order valence-electron chi connectivity index (χ4n) is 1.33. The molecule has 1 saturated heterocycles. The molecule has 13 heavy (non-hydrogen) atoms. The monoisotopic (exact) mass is 197 g/mol. The van der Waals surface area contributed by atoms with Gasteiger partial charge in [-0.1, -0.05) is 0 Å². The zero-order valence-corrected chi connectivity index (χ0v) is 7.02. The maximum absolute atomic E-state index is 12.1. The summed E-state index contributed by atoms with van der Waals surface area (Å²) in [6.45, 7) is 0. The molecule has 1 rings (SSSR count). The molecule has 0 spiro atoms. The van der Waals surface area contributed by atoms with Crippen LogP contribution in [0.1, 0.15) is 12.8 Å². The minimum Gasteiger partial charge on any atom is -0.468 e. The molecule has 1 N–H and O–H groups in total. The van der Waals surface area contributed by atoms with E-state index in [2.05, 4.69) is 10.1 Å². The zero-order chi connectivity index (χ0) is 10.1. The van der Waals surface area contributed by atoms with Gasteiger partial charge >= 0.3 is 12.1 Å². The summed E-state index contributed by atoms with van der Waals surface area (Å²) in [6, 6.07) is -2.38. The summed E-state index contributed by atoms with van der Waals surface area (Å²) >= 11 is 0. The van der Waals surface area contributed by atoms with Crippen molar-refractivity contribution in [2.24, 2.45) is 0 Å². The average Bonchev–Trinajstić information content (AvgIpc) is 2.50. The lowest BCUT2D eigenvalue weighted by Crippen LogP contribution is -2.43. The van der Waals surface area contributed by atoms with Gasteiger partial charge in [-0.2, -0.15) is 13.2 Å². The van der Waals surface area contributed by atoms with Gasteiger partial charge in [0.05, 0.1) is 7.11 Å². The van der Waals surface area contributed by atoms with E-state index in [9.17, 15) is 18.0 Å². The van der Waals surface area contributed by atoms with Crippen molar-refractivity contribution in [3.05, 3.63) is 0 Å². The molecule has 2 atom stereocenters. The summed E-state index contributed by atoms with van der Waals surface area (Å²) in [5.74, 6) is -0.633. The van der Waals surface area contributed by atoms with Crippen LogP contribution in [0.5, 0.6) is 0 Å². The van der Waals surface area contributed by atoms with E-state index in [0.717, 1.165) is 7.11 Å². The SMILES string of the molecule is COC(=O)[C@@H]1CC[C@H](C(F)(F)F)N1. The van der Waals surface area contributed by atoms with E-state index >= 15 is 0 Å². The second-order valence-electron chi connectivity index (χ2n) is 2.91. The highest BCUT2D eigenvalue weighted by molar-refractivity contribution is 5.76. The van der Waals surface area contributed by atoms with Gasteiger partial charge < -0.3 is 4.74 Å². The zero-order valence-electron chi connectivity index (χ0n) is 7.02. The van der Waals surface area contributed by atoms with E-state index < -0.39 is 24.2 Å². The third kappa shape index (κ3) is 2.33. The molecule has 0 saturated carbocycles. The number of rotatable bonds is 1. The summed E-state index contributed by atoms with van der Waals surface area (Å²) in [4.78, 5) is 10.8. The first-order chi connectivity index (χ1) is 5.95. The predicted molar refractivity (Wildman–Crippen MR) is 38.0 cm³/mol.